The summed E-state index contributed by atoms with van der Waals surface area (Å²) in [5.41, 5.74) is 2.68. The molecule has 35 heavy (non-hydrogen) atoms. The summed E-state index contributed by atoms with van der Waals surface area (Å²) in [4.78, 5) is 29.7. The number of halogens is 1. The van der Waals surface area contributed by atoms with E-state index in [1.54, 1.807) is 24.0 Å². The summed E-state index contributed by atoms with van der Waals surface area (Å²) in [5, 5.41) is 6.96. The van der Waals surface area contributed by atoms with E-state index in [0.717, 1.165) is 36.0 Å². The normalized spacial score (nSPS) is 12.0. The number of rotatable bonds is 16. The van der Waals surface area contributed by atoms with Gasteiger partial charge in [-0.2, -0.15) is 0 Å². The molecule has 0 aliphatic rings. The quantitative estimate of drug-likeness (QED) is 0.218. The lowest BCUT2D eigenvalue weighted by atomic mass is 10.1. The zero-order chi connectivity index (χ0) is 25.6. The number of nitrogens with one attached hydrogen (secondary N) is 2. The molecule has 2 amide bonds. The maximum atomic E-state index is 13.5. The third-order valence-corrected chi connectivity index (χ3v) is 7.72. The number of nitrogens with zero attached hydrogens (tertiary/aromatic N) is 1. The molecule has 0 aliphatic heterocycles. The number of anilines is 2. The predicted molar refractivity (Wildman–Crippen MR) is 153 cm³/mol. The van der Waals surface area contributed by atoms with Crippen molar-refractivity contribution in [3.63, 3.8) is 0 Å². The van der Waals surface area contributed by atoms with E-state index in [2.05, 4.69) is 29.5 Å². The maximum absolute atomic E-state index is 13.5. The van der Waals surface area contributed by atoms with Gasteiger partial charge in [0.1, 0.15) is 0 Å². The second-order valence-electron chi connectivity index (χ2n) is 9.34. The van der Waals surface area contributed by atoms with E-state index < -0.39 is 0 Å². The number of hydrogen-bond donors (Lipinski definition) is 2. The van der Waals surface area contributed by atoms with Gasteiger partial charge in [-0.3, -0.25) is 14.6 Å². The number of unbranched alkanes of at least 4 members (excludes halogenated alkanes) is 8. The number of benzene rings is 1. The summed E-state index contributed by atoms with van der Waals surface area (Å²) in [5.74, 6) is 0.792. The highest BCUT2D eigenvalue weighted by molar-refractivity contribution is 8.00. The molecular weight excluding hydrogens is 478 g/mol. The Bertz CT molecular complexity index is 967. The van der Waals surface area contributed by atoms with Gasteiger partial charge in [-0.25, -0.2) is 0 Å². The lowest BCUT2D eigenvalue weighted by Gasteiger charge is -2.19. The summed E-state index contributed by atoms with van der Waals surface area (Å²) in [6.45, 7) is 7.84. The van der Waals surface area contributed by atoms with Crippen LogP contribution >= 0.6 is 23.4 Å². The number of thioether (sulfide) groups is 1. The Balaban J connectivity index is 2.19. The van der Waals surface area contributed by atoms with Crippen LogP contribution in [0.3, 0.4) is 0 Å². The van der Waals surface area contributed by atoms with Crippen LogP contribution < -0.4 is 10.6 Å². The number of hydrogen-bond acceptors (Lipinski definition) is 4. The minimum absolute atomic E-state index is 0.00367. The van der Waals surface area contributed by atoms with Crippen LogP contribution in [0.4, 0.5) is 11.4 Å². The third-order valence-electron chi connectivity index (χ3n) is 6.05. The van der Waals surface area contributed by atoms with Gasteiger partial charge in [0.25, 0.3) is 0 Å². The second kappa shape index (κ2) is 16.1. The molecule has 2 rings (SSSR count). The molecule has 1 aromatic carbocycles. The molecule has 1 heterocycles. The van der Waals surface area contributed by atoms with Crippen LogP contribution in [0, 0.1) is 6.92 Å². The number of aromatic nitrogens is 1. The van der Waals surface area contributed by atoms with Crippen molar-refractivity contribution in [3.05, 3.63) is 28.9 Å². The SMILES string of the molecule is CCCCCCCCC(SCCCCCC)C(=O)Nc1c(Cl)cc(NC(C)=O)c2ncc(C)cc12. The zero-order valence-electron chi connectivity index (χ0n) is 21.8. The molecule has 0 aliphatic carbocycles. The molecule has 7 heteroatoms. The average Bonchev–Trinajstić information content (AvgIpc) is 2.81. The Hall–Kier alpha value is -1.79. The van der Waals surface area contributed by atoms with Gasteiger partial charge in [-0.05, 0) is 43.2 Å². The molecule has 0 radical (unpaired) electrons. The van der Waals surface area contributed by atoms with E-state index in [1.165, 1.54) is 58.3 Å². The average molecular weight is 520 g/mol. The van der Waals surface area contributed by atoms with Gasteiger partial charge in [0.15, 0.2) is 0 Å². The second-order valence-corrected chi connectivity index (χ2v) is 11.1. The number of aryl methyl sites for hydroxylation is 1. The fourth-order valence-corrected chi connectivity index (χ4v) is 5.60. The highest BCUT2D eigenvalue weighted by atomic mass is 35.5. The summed E-state index contributed by atoms with van der Waals surface area (Å²) in [6, 6.07) is 3.62. The number of carbonyl (C=O) groups excluding carboxylic acids is 2. The van der Waals surface area contributed by atoms with Crippen molar-refractivity contribution in [2.75, 3.05) is 16.4 Å². The van der Waals surface area contributed by atoms with E-state index in [9.17, 15) is 9.59 Å². The molecule has 0 saturated carbocycles. The van der Waals surface area contributed by atoms with E-state index in [1.807, 2.05) is 13.0 Å². The molecule has 1 atom stereocenters. The standard InChI is InChI=1S/C28H42ClN3O2S/c1-5-7-9-11-12-13-15-25(35-16-14-10-8-6-2)28(34)32-26-22-17-20(3)19-30-27(22)24(18-23(26)29)31-21(4)33/h17-19,25H,5-16H2,1-4H3,(H,31,33)(H,32,34). The Morgan fingerprint density at radius 2 is 1.63 bits per heavy atom. The van der Waals surface area contributed by atoms with Crippen LogP contribution in [0.15, 0.2) is 18.3 Å². The topological polar surface area (TPSA) is 71.1 Å². The number of pyridine rings is 1. The number of amides is 2. The molecule has 2 aromatic rings. The van der Waals surface area contributed by atoms with Crippen LogP contribution in [0.1, 0.15) is 97.0 Å². The van der Waals surface area contributed by atoms with Crippen LogP contribution in [-0.2, 0) is 9.59 Å². The largest absolute Gasteiger partial charge is 0.324 e. The maximum Gasteiger partial charge on any atom is 0.237 e. The van der Waals surface area contributed by atoms with E-state index >= 15 is 0 Å². The van der Waals surface area contributed by atoms with Crippen molar-refractivity contribution in [2.45, 2.75) is 104 Å². The molecule has 0 saturated heterocycles. The molecular formula is C28H42ClN3O2S. The Kier molecular flexibility index (Phi) is 13.5. The summed E-state index contributed by atoms with van der Waals surface area (Å²) in [6.07, 6.45) is 14.7. The van der Waals surface area contributed by atoms with Crippen LogP contribution in [0.5, 0.6) is 0 Å². The van der Waals surface area contributed by atoms with Gasteiger partial charge >= 0.3 is 0 Å². The first-order valence-electron chi connectivity index (χ1n) is 13.2. The first kappa shape index (κ1) is 29.4. The minimum Gasteiger partial charge on any atom is -0.324 e. The smallest absolute Gasteiger partial charge is 0.237 e. The lowest BCUT2D eigenvalue weighted by molar-refractivity contribution is -0.116. The van der Waals surface area contributed by atoms with E-state index in [4.69, 9.17) is 11.6 Å². The Labute approximate surface area is 220 Å². The van der Waals surface area contributed by atoms with Crippen LogP contribution in [0.2, 0.25) is 5.02 Å². The van der Waals surface area contributed by atoms with Gasteiger partial charge in [0, 0.05) is 18.5 Å². The molecule has 1 unspecified atom stereocenters. The fraction of sp³-hybridized carbons (Fsp3) is 0.607. The molecule has 1 aromatic heterocycles. The summed E-state index contributed by atoms with van der Waals surface area (Å²) >= 11 is 8.40. The third kappa shape index (κ3) is 10.0. The van der Waals surface area contributed by atoms with Crippen molar-refractivity contribution in [3.8, 4) is 0 Å². The van der Waals surface area contributed by atoms with Gasteiger partial charge < -0.3 is 10.6 Å². The molecule has 5 nitrogen and oxygen atoms in total. The molecule has 0 fully saturated rings. The first-order chi connectivity index (χ1) is 16.9. The van der Waals surface area contributed by atoms with Gasteiger partial charge in [-0.1, -0.05) is 83.2 Å². The minimum atomic E-state index is -0.194. The lowest BCUT2D eigenvalue weighted by Crippen LogP contribution is -2.26. The van der Waals surface area contributed by atoms with Crippen LogP contribution in [0.25, 0.3) is 10.9 Å². The first-order valence-corrected chi connectivity index (χ1v) is 14.6. The molecule has 194 valence electrons. The highest BCUT2D eigenvalue weighted by Gasteiger charge is 2.22. The predicted octanol–water partition coefficient (Wildman–Crippen LogP) is 8.53. The van der Waals surface area contributed by atoms with Crippen molar-refractivity contribution in [1.82, 2.24) is 4.98 Å². The van der Waals surface area contributed by atoms with Crippen molar-refractivity contribution in [1.29, 1.82) is 0 Å². The van der Waals surface area contributed by atoms with E-state index in [-0.39, 0.29) is 17.1 Å². The summed E-state index contributed by atoms with van der Waals surface area (Å²) < 4.78 is 0. The van der Waals surface area contributed by atoms with Crippen molar-refractivity contribution in [2.24, 2.45) is 0 Å². The fourth-order valence-electron chi connectivity index (χ4n) is 4.14. The van der Waals surface area contributed by atoms with Gasteiger partial charge in [0.05, 0.1) is 27.2 Å². The Morgan fingerprint density at radius 3 is 2.31 bits per heavy atom. The van der Waals surface area contributed by atoms with Crippen molar-refractivity contribution < 1.29 is 9.59 Å². The summed E-state index contributed by atoms with van der Waals surface area (Å²) in [7, 11) is 0. The highest BCUT2D eigenvalue weighted by Crippen LogP contribution is 2.37. The monoisotopic (exact) mass is 519 g/mol. The Morgan fingerprint density at radius 1 is 0.971 bits per heavy atom. The van der Waals surface area contributed by atoms with Gasteiger partial charge in [-0.15, -0.1) is 11.8 Å². The molecule has 0 bridgehead atoms. The van der Waals surface area contributed by atoms with Gasteiger partial charge in [0.2, 0.25) is 11.8 Å². The van der Waals surface area contributed by atoms with E-state index in [0.29, 0.717) is 21.9 Å². The number of carbonyl (C=O) groups is 2. The number of fused-ring (bicyclic) bond motifs is 1. The molecule has 0 spiro atoms. The zero-order valence-corrected chi connectivity index (χ0v) is 23.4. The molecule has 2 N–H and O–H groups in total. The van der Waals surface area contributed by atoms with Crippen molar-refractivity contribution >= 4 is 57.5 Å². The van der Waals surface area contributed by atoms with Crippen LogP contribution in [-0.4, -0.2) is 27.8 Å².